The molecule has 0 aliphatic carbocycles. The van der Waals surface area contributed by atoms with E-state index < -0.39 is 17.8 Å². The van der Waals surface area contributed by atoms with Crippen LogP contribution in [0.25, 0.3) is 6.08 Å². The van der Waals surface area contributed by atoms with Gasteiger partial charge in [-0.25, -0.2) is 4.79 Å². The van der Waals surface area contributed by atoms with E-state index in [1.807, 2.05) is 30.3 Å². The van der Waals surface area contributed by atoms with Crippen LogP contribution in [0.2, 0.25) is 0 Å². The number of benzene rings is 1. The van der Waals surface area contributed by atoms with Gasteiger partial charge in [0, 0.05) is 6.54 Å². The Morgan fingerprint density at radius 3 is 2.52 bits per heavy atom. The Balaban J connectivity index is 2.20. The summed E-state index contributed by atoms with van der Waals surface area (Å²) in [6.45, 7) is 3.53. The number of amides is 4. The molecule has 1 aliphatic rings. The van der Waals surface area contributed by atoms with E-state index in [0.29, 0.717) is 0 Å². The fourth-order valence-corrected chi connectivity index (χ4v) is 1.83. The average molecular weight is 282 g/mol. The number of urea groups is 1. The second-order valence-electron chi connectivity index (χ2n) is 4.31. The minimum Gasteiger partial charge on any atom is -0.273 e. The highest BCUT2D eigenvalue weighted by molar-refractivity contribution is 6.29. The molecule has 1 fully saturated rings. The lowest BCUT2D eigenvalue weighted by Crippen LogP contribution is -2.54. The number of hydrogen-bond acceptors (Lipinski definition) is 3. The Labute approximate surface area is 122 Å². The van der Waals surface area contributed by atoms with Crippen molar-refractivity contribution in [3.05, 3.63) is 66.3 Å². The third-order valence-corrected chi connectivity index (χ3v) is 2.85. The molecule has 1 saturated heterocycles. The third kappa shape index (κ3) is 3.33. The van der Waals surface area contributed by atoms with Crippen LogP contribution >= 0.6 is 0 Å². The van der Waals surface area contributed by atoms with Crippen molar-refractivity contribution < 1.29 is 14.4 Å². The van der Waals surface area contributed by atoms with Crippen molar-refractivity contribution in [3.63, 3.8) is 0 Å². The monoisotopic (exact) mass is 282 g/mol. The highest BCUT2D eigenvalue weighted by Gasteiger charge is 2.34. The quantitative estimate of drug-likeness (QED) is 0.521. The highest BCUT2D eigenvalue weighted by Crippen LogP contribution is 2.10. The van der Waals surface area contributed by atoms with E-state index in [1.165, 1.54) is 12.2 Å². The second-order valence-corrected chi connectivity index (χ2v) is 4.31. The SMILES string of the molecule is C=CCN1C(=O)NC(=O)/C(=C\C=C\c2ccccc2)C1=O. The van der Waals surface area contributed by atoms with E-state index in [-0.39, 0.29) is 12.1 Å². The van der Waals surface area contributed by atoms with Crippen LogP contribution in [0.3, 0.4) is 0 Å². The first-order valence-corrected chi connectivity index (χ1v) is 6.35. The summed E-state index contributed by atoms with van der Waals surface area (Å²) in [5.41, 5.74) is 0.862. The fraction of sp³-hybridized carbons (Fsp3) is 0.0625. The molecule has 2 rings (SSSR count). The predicted molar refractivity (Wildman–Crippen MR) is 79.0 cm³/mol. The van der Waals surface area contributed by atoms with E-state index in [2.05, 4.69) is 11.9 Å². The Kier molecular flexibility index (Phi) is 4.46. The number of hydrogen-bond donors (Lipinski definition) is 1. The summed E-state index contributed by atoms with van der Waals surface area (Å²) in [4.78, 5) is 36.2. The molecule has 1 aromatic rings. The van der Waals surface area contributed by atoms with E-state index >= 15 is 0 Å². The number of allylic oxidation sites excluding steroid dienone is 2. The molecule has 1 aliphatic heterocycles. The topological polar surface area (TPSA) is 66.5 Å². The van der Waals surface area contributed by atoms with Crippen LogP contribution in [0.1, 0.15) is 5.56 Å². The summed E-state index contributed by atoms with van der Waals surface area (Å²) in [6, 6.07) is 8.73. The van der Waals surface area contributed by atoms with Crippen molar-refractivity contribution in [1.29, 1.82) is 0 Å². The van der Waals surface area contributed by atoms with Crippen LogP contribution in [-0.2, 0) is 9.59 Å². The van der Waals surface area contributed by atoms with Crippen LogP contribution in [0, 0.1) is 0 Å². The lowest BCUT2D eigenvalue weighted by molar-refractivity contribution is -0.129. The molecule has 0 spiro atoms. The van der Waals surface area contributed by atoms with Gasteiger partial charge in [0.1, 0.15) is 5.57 Å². The molecule has 4 amide bonds. The zero-order chi connectivity index (χ0) is 15.2. The number of imide groups is 2. The van der Waals surface area contributed by atoms with Crippen LogP contribution < -0.4 is 5.32 Å². The van der Waals surface area contributed by atoms with Gasteiger partial charge in [-0.15, -0.1) is 6.58 Å². The summed E-state index contributed by atoms with van der Waals surface area (Å²) >= 11 is 0. The maximum atomic E-state index is 12.1. The van der Waals surface area contributed by atoms with Crippen LogP contribution in [0.15, 0.2) is 60.7 Å². The zero-order valence-corrected chi connectivity index (χ0v) is 11.3. The van der Waals surface area contributed by atoms with Crippen LogP contribution in [-0.4, -0.2) is 29.3 Å². The average Bonchev–Trinajstić information content (AvgIpc) is 2.48. The van der Waals surface area contributed by atoms with Gasteiger partial charge in [0.2, 0.25) is 0 Å². The van der Waals surface area contributed by atoms with E-state index in [4.69, 9.17) is 0 Å². The molecular weight excluding hydrogens is 268 g/mol. The van der Waals surface area contributed by atoms with Crippen molar-refractivity contribution >= 4 is 23.9 Å². The Morgan fingerprint density at radius 2 is 1.86 bits per heavy atom. The first-order chi connectivity index (χ1) is 10.1. The van der Waals surface area contributed by atoms with Gasteiger partial charge in [-0.2, -0.15) is 0 Å². The lowest BCUT2D eigenvalue weighted by atomic mass is 10.1. The molecule has 0 atom stereocenters. The van der Waals surface area contributed by atoms with Crippen molar-refractivity contribution in [2.75, 3.05) is 6.54 Å². The fourth-order valence-electron chi connectivity index (χ4n) is 1.83. The summed E-state index contributed by atoms with van der Waals surface area (Å²) in [5.74, 6) is -1.32. The summed E-state index contributed by atoms with van der Waals surface area (Å²) in [5, 5.41) is 2.12. The predicted octanol–water partition coefficient (Wildman–Crippen LogP) is 1.89. The van der Waals surface area contributed by atoms with E-state index in [0.717, 1.165) is 10.5 Å². The van der Waals surface area contributed by atoms with Gasteiger partial charge in [-0.3, -0.25) is 19.8 Å². The molecule has 0 unspecified atom stereocenters. The highest BCUT2D eigenvalue weighted by atomic mass is 16.2. The van der Waals surface area contributed by atoms with E-state index in [9.17, 15) is 14.4 Å². The first kappa shape index (κ1) is 14.5. The second kappa shape index (κ2) is 6.47. The lowest BCUT2D eigenvalue weighted by Gasteiger charge is -2.24. The van der Waals surface area contributed by atoms with Gasteiger partial charge in [0.15, 0.2) is 0 Å². The van der Waals surface area contributed by atoms with Crippen LogP contribution in [0.4, 0.5) is 4.79 Å². The largest absolute Gasteiger partial charge is 0.331 e. The maximum Gasteiger partial charge on any atom is 0.331 e. The standard InChI is InChI=1S/C16H14N2O3/c1-2-11-18-15(20)13(14(19)17-16(18)21)10-6-9-12-7-4-3-5-8-12/h2-10H,1,11H2,(H,17,19,21)/b9-6+,13-10+. The number of rotatable bonds is 4. The number of nitrogens with zero attached hydrogens (tertiary/aromatic N) is 1. The summed E-state index contributed by atoms with van der Waals surface area (Å²) < 4.78 is 0. The molecular formula is C16H14N2O3. The number of barbiturate groups is 1. The molecule has 21 heavy (non-hydrogen) atoms. The van der Waals surface area contributed by atoms with Gasteiger partial charge in [0.05, 0.1) is 0 Å². The van der Waals surface area contributed by atoms with Gasteiger partial charge in [0.25, 0.3) is 11.8 Å². The van der Waals surface area contributed by atoms with Gasteiger partial charge in [-0.1, -0.05) is 48.6 Å². The van der Waals surface area contributed by atoms with E-state index in [1.54, 1.807) is 12.2 Å². The molecule has 106 valence electrons. The minimum absolute atomic E-state index is 0.0533. The molecule has 0 aromatic heterocycles. The van der Waals surface area contributed by atoms with Crippen molar-refractivity contribution in [3.8, 4) is 0 Å². The molecule has 0 saturated carbocycles. The number of nitrogens with one attached hydrogen (secondary N) is 1. The number of carbonyl (C=O) groups is 3. The first-order valence-electron chi connectivity index (χ1n) is 6.35. The summed E-state index contributed by atoms with van der Waals surface area (Å²) in [7, 11) is 0. The number of carbonyl (C=O) groups excluding carboxylic acids is 3. The molecule has 1 heterocycles. The summed E-state index contributed by atoms with van der Waals surface area (Å²) in [6.07, 6.45) is 6.18. The Hall–Kier alpha value is -2.95. The van der Waals surface area contributed by atoms with Gasteiger partial charge >= 0.3 is 6.03 Å². The van der Waals surface area contributed by atoms with Gasteiger partial charge < -0.3 is 0 Å². The minimum atomic E-state index is -0.728. The molecule has 5 nitrogen and oxygen atoms in total. The normalized spacial score (nSPS) is 17.4. The maximum absolute atomic E-state index is 12.1. The smallest absolute Gasteiger partial charge is 0.273 e. The van der Waals surface area contributed by atoms with Crippen molar-refractivity contribution in [2.24, 2.45) is 0 Å². The van der Waals surface area contributed by atoms with Crippen molar-refractivity contribution in [2.45, 2.75) is 0 Å². The van der Waals surface area contributed by atoms with Crippen molar-refractivity contribution in [1.82, 2.24) is 10.2 Å². The van der Waals surface area contributed by atoms with Gasteiger partial charge in [-0.05, 0) is 11.6 Å². The van der Waals surface area contributed by atoms with Crippen LogP contribution in [0.5, 0.6) is 0 Å². The molecule has 0 radical (unpaired) electrons. The third-order valence-electron chi connectivity index (χ3n) is 2.85. The molecule has 0 bridgehead atoms. The Morgan fingerprint density at radius 1 is 1.14 bits per heavy atom. The molecule has 1 N–H and O–H groups in total. The molecule has 1 aromatic carbocycles. The zero-order valence-electron chi connectivity index (χ0n) is 11.3. The molecule has 5 heteroatoms. The Bertz CT molecular complexity index is 645.